The zero-order valence-corrected chi connectivity index (χ0v) is 11.1. The molecule has 0 atom stereocenters. The van der Waals surface area contributed by atoms with Gasteiger partial charge in [-0.25, -0.2) is 0 Å². The van der Waals surface area contributed by atoms with E-state index >= 15 is 0 Å². The van der Waals surface area contributed by atoms with Crippen molar-refractivity contribution in [2.75, 3.05) is 0 Å². The highest BCUT2D eigenvalue weighted by Crippen LogP contribution is 2.37. The molecule has 0 radical (unpaired) electrons. The van der Waals surface area contributed by atoms with Crippen molar-refractivity contribution in [3.8, 4) is 11.3 Å². The van der Waals surface area contributed by atoms with Crippen molar-refractivity contribution in [1.29, 1.82) is 0 Å². The predicted octanol–water partition coefficient (Wildman–Crippen LogP) is 4.03. The number of halogens is 2. The fourth-order valence-electron chi connectivity index (χ4n) is 1.52. The van der Waals surface area contributed by atoms with E-state index < -0.39 is 5.12 Å². The van der Waals surface area contributed by atoms with Gasteiger partial charge in [-0.3, -0.25) is 4.79 Å². The maximum Gasteiger partial charge on any atom is 0.222 e. The van der Waals surface area contributed by atoms with E-state index in [1.165, 1.54) is 0 Å². The fraction of sp³-hybridized carbons (Fsp3) is 0.0909. The van der Waals surface area contributed by atoms with Gasteiger partial charge in [0.1, 0.15) is 11.5 Å². The molecule has 88 valence electrons. The van der Waals surface area contributed by atoms with Crippen LogP contribution < -0.4 is 0 Å². The Kier molecular flexibility index (Phi) is 3.47. The van der Waals surface area contributed by atoms with Crippen molar-refractivity contribution >= 4 is 40.9 Å². The molecule has 1 aromatic carbocycles. The standard InChI is InChI=1S/C11H7Cl2NO2S/c1-5-8(11(15)17)10(14-16-5)9-6(12)3-2-4-7(9)13/h2-4H,1H3,(H,15,17). The molecular weight excluding hydrogens is 281 g/mol. The largest absolute Gasteiger partial charge is 0.360 e. The summed E-state index contributed by atoms with van der Waals surface area (Å²) in [7, 11) is 0. The number of hydrogen-bond donors (Lipinski definition) is 1. The summed E-state index contributed by atoms with van der Waals surface area (Å²) in [5.41, 5.74) is 1.08. The number of carbonyl (C=O) groups is 1. The molecule has 0 N–H and O–H groups in total. The summed E-state index contributed by atoms with van der Waals surface area (Å²) in [6.45, 7) is 1.63. The number of hydrogen-bond acceptors (Lipinski definition) is 3. The van der Waals surface area contributed by atoms with Gasteiger partial charge in [0.25, 0.3) is 0 Å². The molecule has 0 spiro atoms. The average Bonchev–Trinajstić information content (AvgIpc) is 2.60. The van der Waals surface area contributed by atoms with Crippen LogP contribution in [-0.4, -0.2) is 10.3 Å². The summed E-state index contributed by atoms with van der Waals surface area (Å²) >= 11 is 15.9. The number of thiol groups is 1. The number of aromatic nitrogens is 1. The summed E-state index contributed by atoms with van der Waals surface area (Å²) < 4.78 is 4.98. The monoisotopic (exact) mass is 287 g/mol. The lowest BCUT2D eigenvalue weighted by Crippen LogP contribution is -1.94. The molecule has 0 unspecified atom stereocenters. The van der Waals surface area contributed by atoms with Crippen LogP contribution in [0, 0.1) is 6.92 Å². The Hall–Kier alpha value is -0.970. The minimum absolute atomic E-state index is 0.281. The molecule has 0 aliphatic heterocycles. The molecule has 2 aromatic rings. The minimum atomic E-state index is -0.435. The van der Waals surface area contributed by atoms with E-state index in [1.54, 1.807) is 25.1 Å². The Morgan fingerprint density at radius 2 is 1.94 bits per heavy atom. The fourth-order valence-corrected chi connectivity index (χ4v) is 2.36. The summed E-state index contributed by atoms with van der Waals surface area (Å²) in [5, 5.41) is 4.19. The number of aryl methyl sites for hydroxylation is 1. The van der Waals surface area contributed by atoms with E-state index in [2.05, 4.69) is 17.8 Å². The van der Waals surface area contributed by atoms with Gasteiger partial charge in [-0.1, -0.05) is 34.4 Å². The van der Waals surface area contributed by atoms with Crippen LogP contribution in [-0.2, 0) is 0 Å². The summed E-state index contributed by atoms with van der Waals surface area (Å²) in [5.74, 6) is 0.385. The van der Waals surface area contributed by atoms with Crippen LogP contribution in [0.2, 0.25) is 10.0 Å². The third-order valence-corrected chi connectivity index (χ3v) is 3.13. The van der Waals surface area contributed by atoms with Gasteiger partial charge >= 0.3 is 0 Å². The van der Waals surface area contributed by atoms with Gasteiger partial charge in [0.05, 0.1) is 15.6 Å². The van der Waals surface area contributed by atoms with Gasteiger partial charge < -0.3 is 4.52 Å². The maximum absolute atomic E-state index is 11.4. The van der Waals surface area contributed by atoms with Gasteiger partial charge in [-0.05, 0) is 19.1 Å². The van der Waals surface area contributed by atoms with Crippen LogP contribution in [0.3, 0.4) is 0 Å². The highest BCUT2D eigenvalue weighted by molar-refractivity contribution is 7.97. The molecule has 0 amide bonds. The first-order valence-electron chi connectivity index (χ1n) is 4.66. The second kappa shape index (κ2) is 4.72. The van der Waals surface area contributed by atoms with Crippen LogP contribution in [0.15, 0.2) is 22.7 Å². The van der Waals surface area contributed by atoms with Gasteiger partial charge in [-0.2, -0.15) is 0 Å². The number of carbonyl (C=O) groups excluding carboxylic acids is 1. The smallest absolute Gasteiger partial charge is 0.222 e. The lowest BCUT2D eigenvalue weighted by Gasteiger charge is -2.04. The van der Waals surface area contributed by atoms with Gasteiger partial charge in [0, 0.05) is 5.56 Å². The lowest BCUT2D eigenvalue weighted by atomic mass is 10.1. The minimum Gasteiger partial charge on any atom is -0.360 e. The molecule has 3 nitrogen and oxygen atoms in total. The van der Waals surface area contributed by atoms with E-state index in [0.717, 1.165) is 0 Å². The number of rotatable bonds is 2. The van der Waals surface area contributed by atoms with Crippen molar-refractivity contribution in [3.63, 3.8) is 0 Å². The normalized spacial score (nSPS) is 10.6. The Balaban J connectivity index is 2.73. The second-order valence-corrected chi connectivity index (χ2v) is 4.58. The summed E-state index contributed by atoms with van der Waals surface area (Å²) in [4.78, 5) is 11.4. The molecule has 0 saturated carbocycles. The van der Waals surface area contributed by atoms with Crippen LogP contribution >= 0.6 is 35.8 Å². The van der Waals surface area contributed by atoms with Crippen molar-refractivity contribution in [2.45, 2.75) is 6.92 Å². The van der Waals surface area contributed by atoms with Gasteiger partial charge in [-0.15, -0.1) is 12.6 Å². The average molecular weight is 288 g/mol. The Morgan fingerprint density at radius 3 is 2.47 bits per heavy atom. The van der Waals surface area contributed by atoms with E-state index in [1.807, 2.05) is 0 Å². The van der Waals surface area contributed by atoms with Crippen molar-refractivity contribution < 1.29 is 9.32 Å². The van der Waals surface area contributed by atoms with Gasteiger partial charge in [0.15, 0.2) is 0 Å². The topological polar surface area (TPSA) is 43.1 Å². The molecule has 6 heteroatoms. The third kappa shape index (κ3) is 2.20. The van der Waals surface area contributed by atoms with E-state index in [4.69, 9.17) is 27.7 Å². The molecule has 0 aliphatic carbocycles. The van der Waals surface area contributed by atoms with E-state index in [0.29, 0.717) is 27.1 Å². The predicted molar refractivity (Wildman–Crippen MR) is 70.0 cm³/mol. The highest BCUT2D eigenvalue weighted by atomic mass is 35.5. The second-order valence-electron chi connectivity index (χ2n) is 3.36. The third-order valence-electron chi connectivity index (χ3n) is 2.28. The molecule has 0 aliphatic rings. The maximum atomic E-state index is 11.4. The quantitative estimate of drug-likeness (QED) is 0.848. The van der Waals surface area contributed by atoms with E-state index in [9.17, 15) is 4.79 Å². The zero-order chi connectivity index (χ0) is 12.6. The van der Waals surface area contributed by atoms with Crippen LogP contribution in [0.4, 0.5) is 0 Å². The van der Waals surface area contributed by atoms with Crippen LogP contribution in [0.5, 0.6) is 0 Å². The molecule has 2 rings (SSSR count). The Morgan fingerprint density at radius 1 is 1.35 bits per heavy atom. The van der Waals surface area contributed by atoms with Crippen molar-refractivity contribution in [1.82, 2.24) is 5.16 Å². The molecular formula is C11H7Cl2NO2S. The lowest BCUT2D eigenvalue weighted by molar-refractivity contribution is 0.109. The van der Waals surface area contributed by atoms with Gasteiger partial charge in [0.2, 0.25) is 5.12 Å². The Bertz CT molecular complexity index is 575. The molecule has 0 saturated heterocycles. The van der Waals surface area contributed by atoms with E-state index in [-0.39, 0.29) is 5.56 Å². The first kappa shape index (κ1) is 12.5. The molecule has 0 fully saturated rings. The van der Waals surface area contributed by atoms with Crippen LogP contribution in [0.1, 0.15) is 16.1 Å². The first-order chi connectivity index (χ1) is 8.02. The molecule has 1 aromatic heterocycles. The van der Waals surface area contributed by atoms with Crippen molar-refractivity contribution in [3.05, 3.63) is 39.6 Å². The summed E-state index contributed by atoms with van der Waals surface area (Å²) in [6, 6.07) is 5.04. The van der Waals surface area contributed by atoms with Crippen LogP contribution in [0.25, 0.3) is 11.3 Å². The van der Waals surface area contributed by atoms with Crippen molar-refractivity contribution in [2.24, 2.45) is 0 Å². The number of benzene rings is 1. The Labute approximate surface area is 113 Å². The zero-order valence-electron chi connectivity index (χ0n) is 8.70. The molecule has 17 heavy (non-hydrogen) atoms. The number of nitrogens with zero attached hydrogens (tertiary/aromatic N) is 1. The highest BCUT2D eigenvalue weighted by Gasteiger charge is 2.22. The first-order valence-corrected chi connectivity index (χ1v) is 5.86. The molecule has 1 heterocycles. The summed E-state index contributed by atoms with van der Waals surface area (Å²) in [6.07, 6.45) is 0. The molecule has 0 bridgehead atoms. The SMILES string of the molecule is Cc1onc(-c2c(Cl)cccc2Cl)c1C(=O)S.